The van der Waals surface area contributed by atoms with Crippen molar-refractivity contribution in [3.05, 3.63) is 22.7 Å². The van der Waals surface area contributed by atoms with Crippen LogP contribution in [0.15, 0.2) is 22.7 Å². The Labute approximate surface area is 139 Å². The lowest BCUT2D eigenvalue weighted by Crippen LogP contribution is -2.35. The summed E-state index contributed by atoms with van der Waals surface area (Å²) < 4.78 is 0. The van der Waals surface area contributed by atoms with Crippen LogP contribution in [0.4, 0.5) is 0 Å². The van der Waals surface area contributed by atoms with E-state index in [2.05, 4.69) is 79.5 Å². The Balaban J connectivity index is 3.54. The van der Waals surface area contributed by atoms with E-state index in [1.807, 2.05) is 0 Å². The fourth-order valence-corrected chi connectivity index (χ4v) is 3.35. The molecule has 1 rings (SSSR count). The van der Waals surface area contributed by atoms with Gasteiger partial charge in [0.25, 0.3) is 0 Å². The summed E-state index contributed by atoms with van der Waals surface area (Å²) >= 11 is 0. The summed E-state index contributed by atoms with van der Waals surface area (Å²) in [5.74, 6) is 2.16. The molecule has 1 heterocycles. The van der Waals surface area contributed by atoms with Gasteiger partial charge < -0.3 is 10.2 Å². The van der Waals surface area contributed by atoms with Gasteiger partial charge in [0.2, 0.25) is 0 Å². The van der Waals surface area contributed by atoms with E-state index >= 15 is 0 Å². The van der Waals surface area contributed by atoms with Crippen LogP contribution in [0.25, 0.3) is 0 Å². The Hall–Kier alpha value is -0.920. The number of hydrogen-bond donors (Lipinski definition) is 1. The zero-order valence-electron chi connectivity index (χ0n) is 16.5. The van der Waals surface area contributed by atoms with Crippen molar-refractivity contribution >= 4 is 0 Å². The van der Waals surface area contributed by atoms with Crippen LogP contribution in [-0.2, 0) is 0 Å². The normalized spacial score (nSPS) is 17.5. The second-order valence-electron chi connectivity index (χ2n) is 8.20. The molecule has 22 heavy (non-hydrogen) atoms. The predicted octanol–water partition coefficient (Wildman–Crippen LogP) is 5.39. The molecular weight excluding hydrogens is 268 g/mol. The lowest BCUT2D eigenvalue weighted by Gasteiger charge is -2.35. The standard InChI is InChI=1S/C20H38N2/c1-12(2)17-11-22(16(9)10)20(15(7)8)19(14(5)6)21-18(17)13(3)4/h12-16,21H,11H2,1-10H3. The third kappa shape index (κ3) is 4.08. The maximum absolute atomic E-state index is 3.88. The Kier molecular flexibility index (Phi) is 6.58. The first kappa shape index (κ1) is 19.1. The summed E-state index contributed by atoms with van der Waals surface area (Å²) in [5, 5.41) is 3.88. The van der Waals surface area contributed by atoms with E-state index in [0.29, 0.717) is 29.7 Å². The number of nitrogens with zero attached hydrogens (tertiary/aromatic N) is 1. The van der Waals surface area contributed by atoms with E-state index < -0.39 is 0 Å². The molecule has 0 saturated carbocycles. The molecule has 0 spiro atoms. The van der Waals surface area contributed by atoms with Crippen molar-refractivity contribution in [3.63, 3.8) is 0 Å². The van der Waals surface area contributed by atoms with Crippen LogP contribution < -0.4 is 5.32 Å². The molecule has 0 aromatic carbocycles. The number of hydrogen-bond acceptors (Lipinski definition) is 2. The van der Waals surface area contributed by atoms with Gasteiger partial charge in [0, 0.05) is 29.7 Å². The molecule has 0 bridgehead atoms. The van der Waals surface area contributed by atoms with Gasteiger partial charge in [-0.1, -0.05) is 55.4 Å². The zero-order valence-corrected chi connectivity index (χ0v) is 16.5. The smallest absolute Gasteiger partial charge is 0.0412 e. The van der Waals surface area contributed by atoms with Crippen molar-refractivity contribution < 1.29 is 0 Å². The molecule has 0 aliphatic carbocycles. The highest BCUT2D eigenvalue weighted by Crippen LogP contribution is 2.33. The van der Waals surface area contributed by atoms with E-state index in [4.69, 9.17) is 0 Å². The maximum Gasteiger partial charge on any atom is 0.0412 e. The minimum Gasteiger partial charge on any atom is -0.367 e. The third-order valence-electron chi connectivity index (χ3n) is 4.56. The quantitative estimate of drug-likeness (QED) is 0.732. The predicted molar refractivity (Wildman–Crippen MR) is 98.4 cm³/mol. The lowest BCUT2D eigenvalue weighted by molar-refractivity contribution is 0.267. The van der Waals surface area contributed by atoms with Gasteiger partial charge in [-0.2, -0.15) is 0 Å². The van der Waals surface area contributed by atoms with E-state index in [-0.39, 0.29) is 0 Å². The van der Waals surface area contributed by atoms with E-state index in [0.717, 1.165) is 6.54 Å². The molecule has 0 amide bonds. The van der Waals surface area contributed by atoms with Gasteiger partial charge in [0.1, 0.15) is 0 Å². The van der Waals surface area contributed by atoms with Crippen molar-refractivity contribution in [2.45, 2.75) is 75.3 Å². The molecule has 2 nitrogen and oxygen atoms in total. The molecule has 0 aromatic rings. The van der Waals surface area contributed by atoms with Crippen LogP contribution in [0.2, 0.25) is 0 Å². The van der Waals surface area contributed by atoms with Crippen molar-refractivity contribution in [1.29, 1.82) is 0 Å². The Morgan fingerprint density at radius 2 is 1.18 bits per heavy atom. The molecule has 0 aromatic heterocycles. The van der Waals surface area contributed by atoms with Gasteiger partial charge in [0.15, 0.2) is 0 Å². The van der Waals surface area contributed by atoms with Crippen LogP contribution in [0.1, 0.15) is 69.2 Å². The van der Waals surface area contributed by atoms with Crippen LogP contribution in [0, 0.1) is 23.7 Å². The summed E-state index contributed by atoms with van der Waals surface area (Å²) in [6.07, 6.45) is 0. The SMILES string of the molecule is CC(C)C1=C(C(C)C)NC(C(C)C)=C(C(C)C)N(C(C)C)C1. The van der Waals surface area contributed by atoms with Crippen molar-refractivity contribution in [1.82, 2.24) is 10.2 Å². The molecule has 0 radical (unpaired) electrons. The molecule has 1 aliphatic heterocycles. The highest BCUT2D eigenvalue weighted by molar-refractivity contribution is 5.31. The van der Waals surface area contributed by atoms with E-state index in [1.165, 1.54) is 17.1 Å². The largest absolute Gasteiger partial charge is 0.367 e. The summed E-state index contributed by atoms with van der Waals surface area (Å²) in [6.45, 7) is 24.2. The minimum absolute atomic E-state index is 0.513. The van der Waals surface area contributed by atoms with Crippen LogP contribution in [0.5, 0.6) is 0 Å². The Bertz CT molecular complexity index is 437. The van der Waals surface area contributed by atoms with Crippen LogP contribution >= 0.6 is 0 Å². The van der Waals surface area contributed by atoms with Crippen LogP contribution in [0.3, 0.4) is 0 Å². The second kappa shape index (κ2) is 7.57. The van der Waals surface area contributed by atoms with Gasteiger partial charge in [0.05, 0.1) is 0 Å². The first-order chi connectivity index (χ1) is 10.1. The average Bonchev–Trinajstić information content (AvgIpc) is 2.55. The minimum atomic E-state index is 0.513. The van der Waals surface area contributed by atoms with Gasteiger partial charge in [-0.25, -0.2) is 0 Å². The van der Waals surface area contributed by atoms with Crippen molar-refractivity contribution in [2.75, 3.05) is 6.54 Å². The molecule has 0 fully saturated rings. The first-order valence-electron chi connectivity index (χ1n) is 9.08. The number of rotatable bonds is 5. The number of nitrogens with one attached hydrogen (secondary N) is 1. The molecule has 2 heteroatoms. The van der Waals surface area contributed by atoms with Crippen molar-refractivity contribution in [3.8, 4) is 0 Å². The van der Waals surface area contributed by atoms with E-state index in [9.17, 15) is 0 Å². The summed E-state index contributed by atoms with van der Waals surface area (Å²) in [7, 11) is 0. The highest BCUT2D eigenvalue weighted by atomic mass is 15.2. The topological polar surface area (TPSA) is 15.3 Å². The lowest BCUT2D eigenvalue weighted by atomic mass is 9.94. The summed E-state index contributed by atoms with van der Waals surface area (Å²) in [4.78, 5) is 2.62. The average molecular weight is 307 g/mol. The molecule has 0 atom stereocenters. The van der Waals surface area contributed by atoms with Gasteiger partial charge >= 0.3 is 0 Å². The summed E-state index contributed by atoms with van der Waals surface area (Å²) in [5.41, 5.74) is 5.93. The fraction of sp³-hybridized carbons (Fsp3) is 0.800. The molecule has 0 saturated heterocycles. The monoisotopic (exact) mass is 306 g/mol. The zero-order chi connectivity index (χ0) is 17.2. The third-order valence-corrected chi connectivity index (χ3v) is 4.56. The molecular formula is C20H38N2. The Morgan fingerprint density at radius 1 is 0.682 bits per heavy atom. The summed E-state index contributed by atoms with van der Waals surface area (Å²) in [6, 6.07) is 0.521. The number of allylic oxidation sites excluding steroid dienone is 3. The van der Waals surface area contributed by atoms with Gasteiger partial charge in [-0.3, -0.25) is 0 Å². The molecule has 1 aliphatic rings. The van der Waals surface area contributed by atoms with Gasteiger partial charge in [-0.05, 0) is 43.1 Å². The second-order valence-corrected chi connectivity index (χ2v) is 8.20. The maximum atomic E-state index is 3.88. The van der Waals surface area contributed by atoms with E-state index in [1.54, 1.807) is 5.57 Å². The first-order valence-corrected chi connectivity index (χ1v) is 9.08. The Morgan fingerprint density at radius 3 is 1.50 bits per heavy atom. The molecule has 0 unspecified atom stereocenters. The molecule has 1 N–H and O–H groups in total. The van der Waals surface area contributed by atoms with Crippen LogP contribution in [-0.4, -0.2) is 17.5 Å². The highest BCUT2D eigenvalue weighted by Gasteiger charge is 2.29. The fourth-order valence-electron chi connectivity index (χ4n) is 3.35. The molecule has 128 valence electrons. The van der Waals surface area contributed by atoms with Gasteiger partial charge in [-0.15, -0.1) is 0 Å². The van der Waals surface area contributed by atoms with Crippen molar-refractivity contribution in [2.24, 2.45) is 23.7 Å².